The zero-order valence-electron chi connectivity index (χ0n) is 15.8. The van der Waals surface area contributed by atoms with Gasteiger partial charge in [-0.3, -0.25) is 4.90 Å². The van der Waals surface area contributed by atoms with Gasteiger partial charge in [0, 0.05) is 37.5 Å². The Hall–Kier alpha value is -1.16. The lowest BCUT2D eigenvalue weighted by atomic mass is 9.98. The Kier molecular flexibility index (Phi) is 6.69. The highest BCUT2D eigenvalue weighted by Crippen LogP contribution is 2.38. The first-order chi connectivity index (χ1) is 13.2. The molecule has 4 rings (SSSR count). The molecule has 0 unspecified atom stereocenters. The number of carbonyl (C=O) groups is 1. The summed E-state index contributed by atoms with van der Waals surface area (Å²) in [6.45, 7) is 7.30. The van der Waals surface area contributed by atoms with E-state index in [0.29, 0.717) is 6.10 Å². The Morgan fingerprint density at radius 3 is 2.75 bits per heavy atom. The summed E-state index contributed by atoms with van der Waals surface area (Å²) >= 11 is 1.88. The number of carboxylic acids is 1. The molecular weight excluding hydrogens is 395 g/mol. The first-order valence-corrected chi connectivity index (χ1v) is 10.4. The zero-order valence-corrected chi connectivity index (χ0v) is 16.7. The number of aliphatic carboxylic acids is 1. The number of halogens is 3. The maximum absolute atomic E-state index is 10.6. The normalized spacial score (nSPS) is 27.8. The summed E-state index contributed by atoms with van der Waals surface area (Å²) in [7, 11) is 0. The number of carboxylic acid groups (broad SMARTS) is 1. The molecule has 0 amide bonds. The van der Waals surface area contributed by atoms with E-state index in [1.54, 1.807) is 0 Å². The van der Waals surface area contributed by atoms with E-state index in [2.05, 4.69) is 23.3 Å². The predicted molar refractivity (Wildman–Crippen MR) is 98.4 cm³/mol. The van der Waals surface area contributed by atoms with Crippen molar-refractivity contribution in [2.75, 3.05) is 26.3 Å². The monoisotopic (exact) mass is 421 g/mol. The molecule has 9 heteroatoms. The van der Waals surface area contributed by atoms with Crippen molar-refractivity contribution in [3.8, 4) is 0 Å². The third kappa shape index (κ3) is 5.92. The molecule has 0 radical (unpaired) electrons. The molecule has 1 N–H and O–H groups in total. The van der Waals surface area contributed by atoms with Crippen LogP contribution < -0.4 is 0 Å². The van der Waals surface area contributed by atoms with E-state index in [-0.39, 0.29) is 5.60 Å². The van der Waals surface area contributed by atoms with Gasteiger partial charge >= 0.3 is 12.1 Å². The van der Waals surface area contributed by atoms with Gasteiger partial charge < -0.3 is 14.6 Å². The molecule has 3 heterocycles. The molecule has 1 saturated carbocycles. The van der Waals surface area contributed by atoms with E-state index in [9.17, 15) is 13.2 Å². The van der Waals surface area contributed by atoms with E-state index in [1.165, 1.54) is 29.7 Å². The van der Waals surface area contributed by atoms with Crippen LogP contribution in [0.5, 0.6) is 0 Å². The van der Waals surface area contributed by atoms with E-state index in [4.69, 9.17) is 19.4 Å². The van der Waals surface area contributed by atoms with Gasteiger partial charge in [0.15, 0.2) is 0 Å². The van der Waals surface area contributed by atoms with Crippen molar-refractivity contribution in [2.24, 2.45) is 5.92 Å². The lowest BCUT2D eigenvalue weighted by Gasteiger charge is -2.23. The summed E-state index contributed by atoms with van der Waals surface area (Å²) < 4.78 is 44.0. The summed E-state index contributed by atoms with van der Waals surface area (Å²) in [6.07, 6.45) is 0.258. The highest BCUT2D eigenvalue weighted by molar-refractivity contribution is 7.10. The third-order valence-corrected chi connectivity index (χ3v) is 6.42. The number of aryl methyl sites for hydroxylation is 1. The summed E-state index contributed by atoms with van der Waals surface area (Å²) in [5, 5.41) is 9.32. The zero-order chi connectivity index (χ0) is 20.4. The number of rotatable bonds is 5. The van der Waals surface area contributed by atoms with E-state index in [0.717, 1.165) is 45.2 Å². The summed E-state index contributed by atoms with van der Waals surface area (Å²) in [5.74, 6) is -1.91. The second-order valence-corrected chi connectivity index (χ2v) is 8.89. The van der Waals surface area contributed by atoms with Crippen LogP contribution in [-0.2, 0) is 20.8 Å². The van der Waals surface area contributed by atoms with Gasteiger partial charge in [-0.05, 0) is 49.1 Å². The van der Waals surface area contributed by atoms with Crippen LogP contribution in [0, 0.1) is 12.8 Å². The van der Waals surface area contributed by atoms with Crippen LogP contribution in [0.15, 0.2) is 11.4 Å². The van der Waals surface area contributed by atoms with Crippen LogP contribution in [0.3, 0.4) is 0 Å². The maximum Gasteiger partial charge on any atom is 0.490 e. The summed E-state index contributed by atoms with van der Waals surface area (Å²) in [4.78, 5) is 13.0. The average molecular weight is 421 g/mol. The highest BCUT2D eigenvalue weighted by Gasteiger charge is 2.46. The lowest BCUT2D eigenvalue weighted by molar-refractivity contribution is -0.192. The molecule has 2 saturated heterocycles. The van der Waals surface area contributed by atoms with Crippen molar-refractivity contribution in [1.29, 1.82) is 0 Å². The minimum Gasteiger partial charge on any atom is -0.475 e. The fraction of sp³-hybridized carbons (Fsp3) is 0.737. The fourth-order valence-corrected chi connectivity index (χ4v) is 4.53. The minimum absolute atomic E-state index is 0.0827. The quantitative estimate of drug-likeness (QED) is 0.783. The van der Waals surface area contributed by atoms with E-state index in [1.807, 2.05) is 11.3 Å². The predicted octanol–water partition coefficient (Wildman–Crippen LogP) is 3.85. The van der Waals surface area contributed by atoms with Crippen LogP contribution in [0.25, 0.3) is 0 Å². The minimum atomic E-state index is -5.08. The molecular formula is C19H26F3NO4S. The number of ether oxygens (including phenoxy) is 2. The second-order valence-electron chi connectivity index (χ2n) is 7.89. The van der Waals surface area contributed by atoms with Gasteiger partial charge in [-0.25, -0.2) is 4.79 Å². The molecule has 1 spiro atoms. The van der Waals surface area contributed by atoms with E-state index < -0.39 is 12.1 Å². The van der Waals surface area contributed by atoms with Crippen molar-refractivity contribution in [1.82, 2.24) is 4.90 Å². The Balaban J connectivity index is 0.000000279. The Morgan fingerprint density at radius 2 is 2.18 bits per heavy atom. The first kappa shape index (κ1) is 21.5. The van der Waals surface area contributed by atoms with Crippen molar-refractivity contribution in [2.45, 2.75) is 57.0 Å². The molecule has 1 aromatic heterocycles. The molecule has 0 aromatic carbocycles. The van der Waals surface area contributed by atoms with Crippen LogP contribution >= 0.6 is 11.3 Å². The van der Waals surface area contributed by atoms with Gasteiger partial charge in [-0.15, -0.1) is 11.3 Å². The molecule has 1 aromatic rings. The SMILES string of the molecule is Cc1ccsc1CN1CC[C@]2(C[C@@H](OCC3CC3)CO2)C1.O=C(O)C(F)(F)F. The molecule has 2 aliphatic heterocycles. The summed E-state index contributed by atoms with van der Waals surface area (Å²) in [6, 6.07) is 2.22. The molecule has 158 valence electrons. The molecule has 28 heavy (non-hydrogen) atoms. The van der Waals surface area contributed by atoms with Crippen molar-refractivity contribution in [3.05, 3.63) is 21.9 Å². The topological polar surface area (TPSA) is 59.0 Å². The van der Waals surface area contributed by atoms with Crippen molar-refractivity contribution >= 4 is 17.3 Å². The van der Waals surface area contributed by atoms with Gasteiger partial charge in [-0.1, -0.05) is 0 Å². The second kappa shape index (κ2) is 8.69. The van der Waals surface area contributed by atoms with Crippen molar-refractivity contribution in [3.63, 3.8) is 0 Å². The first-order valence-electron chi connectivity index (χ1n) is 9.48. The Labute approximate surface area is 166 Å². The van der Waals surface area contributed by atoms with Gasteiger partial charge in [0.2, 0.25) is 0 Å². The fourth-order valence-electron chi connectivity index (χ4n) is 3.58. The molecule has 1 aliphatic carbocycles. The van der Waals surface area contributed by atoms with Gasteiger partial charge in [-0.2, -0.15) is 13.2 Å². The average Bonchev–Trinajstić information content (AvgIpc) is 3.05. The van der Waals surface area contributed by atoms with Crippen LogP contribution in [0.2, 0.25) is 0 Å². The smallest absolute Gasteiger partial charge is 0.475 e. The standard InChI is InChI=1S/C17H25NO2S.C2HF3O2/c1-13-4-7-21-16(13)9-18-6-5-17(12-18)8-15(11-20-17)19-10-14-2-3-14;3-2(4,5)1(6)7/h4,7,14-15H,2-3,5-6,8-12H2,1H3;(H,6,7)/t15-,17+;/m1./s1. The van der Waals surface area contributed by atoms with Gasteiger partial charge in [0.05, 0.1) is 18.3 Å². The van der Waals surface area contributed by atoms with Crippen molar-refractivity contribution < 1.29 is 32.5 Å². The van der Waals surface area contributed by atoms with Gasteiger partial charge in [0.25, 0.3) is 0 Å². The van der Waals surface area contributed by atoms with Crippen LogP contribution in [0.1, 0.15) is 36.1 Å². The number of hydrogen-bond acceptors (Lipinski definition) is 5. The van der Waals surface area contributed by atoms with E-state index >= 15 is 0 Å². The number of hydrogen-bond donors (Lipinski definition) is 1. The highest BCUT2D eigenvalue weighted by atomic mass is 32.1. The largest absolute Gasteiger partial charge is 0.490 e. The Morgan fingerprint density at radius 1 is 1.46 bits per heavy atom. The number of nitrogens with zero attached hydrogens (tertiary/aromatic N) is 1. The maximum atomic E-state index is 10.6. The van der Waals surface area contributed by atoms with Gasteiger partial charge in [0.1, 0.15) is 0 Å². The molecule has 3 aliphatic rings. The molecule has 0 bridgehead atoms. The summed E-state index contributed by atoms with van der Waals surface area (Å²) in [5.41, 5.74) is 1.51. The molecule has 3 fully saturated rings. The Bertz CT molecular complexity index is 676. The lowest BCUT2D eigenvalue weighted by Crippen LogP contribution is -2.33. The van der Waals surface area contributed by atoms with Crippen LogP contribution in [-0.4, -0.2) is 60.2 Å². The number of likely N-dealkylation sites (tertiary alicyclic amines) is 1. The van der Waals surface area contributed by atoms with Crippen LogP contribution in [0.4, 0.5) is 13.2 Å². The number of thiophene rings is 1. The number of alkyl halides is 3. The molecule has 5 nitrogen and oxygen atoms in total. The molecule has 2 atom stereocenters. The third-order valence-electron chi connectivity index (χ3n) is 5.41.